The Morgan fingerprint density at radius 2 is 2.44 bits per heavy atom. The minimum Gasteiger partial charge on any atom is -0.0868 e. The summed E-state index contributed by atoms with van der Waals surface area (Å²) in [6, 6.07) is 0. The van der Waals surface area contributed by atoms with Gasteiger partial charge >= 0.3 is 0 Å². The van der Waals surface area contributed by atoms with Gasteiger partial charge in [-0.3, -0.25) is 0 Å². The standard InChI is InChI=1S/C8H11Br/c1-7-4-2-3-5-8(9)6-7/h3,5-6,8H,2,4H2,1H3. The molecule has 0 aromatic carbocycles. The van der Waals surface area contributed by atoms with Crippen LogP contribution in [0.1, 0.15) is 19.8 Å². The van der Waals surface area contributed by atoms with Crippen LogP contribution in [0.5, 0.6) is 0 Å². The molecule has 0 radical (unpaired) electrons. The van der Waals surface area contributed by atoms with Crippen molar-refractivity contribution in [2.24, 2.45) is 0 Å². The average Bonchev–Trinajstić information content (AvgIpc) is 1.93. The van der Waals surface area contributed by atoms with E-state index in [4.69, 9.17) is 0 Å². The van der Waals surface area contributed by atoms with Crippen molar-refractivity contribution in [1.82, 2.24) is 0 Å². The zero-order valence-electron chi connectivity index (χ0n) is 5.60. The van der Waals surface area contributed by atoms with Crippen LogP contribution in [0.3, 0.4) is 0 Å². The molecule has 50 valence electrons. The minimum absolute atomic E-state index is 0.472. The SMILES string of the molecule is CC1=CC(Br)C=CCC1. The van der Waals surface area contributed by atoms with Crippen molar-refractivity contribution in [3.63, 3.8) is 0 Å². The highest BCUT2D eigenvalue weighted by molar-refractivity contribution is 9.09. The van der Waals surface area contributed by atoms with E-state index in [1.165, 1.54) is 18.4 Å². The minimum atomic E-state index is 0.472. The van der Waals surface area contributed by atoms with Crippen molar-refractivity contribution in [2.45, 2.75) is 24.6 Å². The van der Waals surface area contributed by atoms with Gasteiger partial charge in [-0.25, -0.2) is 0 Å². The lowest BCUT2D eigenvalue weighted by atomic mass is 10.2. The Kier molecular flexibility index (Phi) is 2.52. The van der Waals surface area contributed by atoms with Gasteiger partial charge in [0.05, 0.1) is 4.83 Å². The highest BCUT2D eigenvalue weighted by atomic mass is 79.9. The summed E-state index contributed by atoms with van der Waals surface area (Å²) in [6.07, 6.45) is 9.09. The molecule has 0 bridgehead atoms. The molecule has 1 aliphatic carbocycles. The summed E-state index contributed by atoms with van der Waals surface area (Å²) in [6.45, 7) is 2.18. The third-order valence-electron chi connectivity index (χ3n) is 1.47. The lowest BCUT2D eigenvalue weighted by molar-refractivity contribution is 0.985. The summed E-state index contributed by atoms with van der Waals surface area (Å²) < 4.78 is 0. The lowest BCUT2D eigenvalue weighted by Gasteiger charge is -1.94. The number of halogens is 1. The lowest BCUT2D eigenvalue weighted by Crippen LogP contribution is -1.83. The van der Waals surface area contributed by atoms with Gasteiger partial charge in [0.15, 0.2) is 0 Å². The highest BCUT2D eigenvalue weighted by Crippen LogP contribution is 2.15. The van der Waals surface area contributed by atoms with Gasteiger partial charge in [-0.15, -0.1) is 0 Å². The number of hydrogen-bond donors (Lipinski definition) is 0. The number of alkyl halides is 1. The van der Waals surface area contributed by atoms with Gasteiger partial charge in [0.1, 0.15) is 0 Å². The van der Waals surface area contributed by atoms with Gasteiger partial charge in [-0.05, 0) is 19.8 Å². The summed E-state index contributed by atoms with van der Waals surface area (Å²) in [7, 11) is 0. The fourth-order valence-electron chi connectivity index (χ4n) is 0.948. The molecule has 0 spiro atoms. The zero-order chi connectivity index (χ0) is 6.69. The second kappa shape index (κ2) is 3.21. The number of allylic oxidation sites excluding steroid dienone is 4. The average molecular weight is 187 g/mol. The number of rotatable bonds is 0. The van der Waals surface area contributed by atoms with Crippen LogP contribution in [-0.2, 0) is 0 Å². The van der Waals surface area contributed by atoms with Crippen LogP contribution < -0.4 is 0 Å². The summed E-state index contributed by atoms with van der Waals surface area (Å²) >= 11 is 3.52. The van der Waals surface area contributed by atoms with Crippen LogP contribution in [0.4, 0.5) is 0 Å². The third-order valence-corrected chi connectivity index (χ3v) is 2.04. The van der Waals surface area contributed by atoms with Gasteiger partial charge in [-0.1, -0.05) is 39.7 Å². The van der Waals surface area contributed by atoms with Crippen molar-refractivity contribution in [3.8, 4) is 0 Å². The molecule has 0 saturated carbocycles. The van der Waals surface area contributed by atoms with Gasteiger partial charge in [0.25, 0.3) is 0 Å². The van der Waals surface area contributed by atoms with Crippen LogP contribution >= 0.6 is 15.9 Å². The van der Waals surface area contributed by atoms with Crippen LogP contribution in [0, 0.1) is 0 Å². The van der Waals surface area contributed by atoms with E-state index in [0.29, 0.717) is 4.83 Å². The zero-order valence-corrected chi connectivity index (χ0v) is 7.19. The summed E-state index contributed by atoms with van der Waals surface area (Å²) in [5.41, 5.74) is 1.49. The Morgan fingerprint density at radius 1 is 1.67 bits per heavy atom. The molecular formula is C8H11Br. The maximum absolute atomic E-state index is 3.52. The van der Waals surface area contributed by atoms with Gasteiger partial charge in [0.2, 0.25) is 0 Å². The fraction of sp³-hybridized carbons (Fsp3) is 0.500. The highest BCUT2D eigenvalue weighted by Gasteiger charge is 1.98. The van der Waals surface area contributed by atoms with Crippen LogP contribution in [0.25, 0.3) is 0 Å². The first-order valence-electron chi connectivity index (χ1n) is 3.27. The first-order valence-corrected chi connectivity index (χ1v) is 4.18. The summed E-state index contributed by atoms with van der Waals surface area (Å²) in [4.78, 5) is 0.472. The molecule has 0 aromatic heterocycles. The van der Waals surface area contributed by atoms with E-state index in [0.717, 1.165) is 0 Å². The van der Waals surface area contributed by atoms with Crippen molar-refractivity contribution in [2.75, 3.05) is 0 Å². The fourth-order valence-corrected chi connectivity index (χ4v) is 1.61. The molecule has 0 saturated heterocycles. The topological polar surface area (TPSA) is 0 Å². The molecule has 1 aliphatic rings. The molecular weight excluding hydrogens is 176 g/mol. The van der Waals surface area contributed by atoms with Crippen LogP contribution in [0.15, 0.2) is 23.8 Å². The molecule has 0 nitrogen and oxygen atoms in total. The first kappa shape index (κ1) is 7.07. The molecule has 0 fully saturated rings. The third kappa shape index (κ3) is 2.35. The van der Waals surface area contributed by atoms with Crippen LogP contribution in [-0.4, -0.2) is 4.83 Å². The molecule has 1 rings (SSSR count). The van der Waals surface area contributed by atoms with E-state index < -0.39 is 0 Å². The molecule has 9 heavy (non-hydrogen) atoms. The Bertz CT molecular complexity index is 145. The predicted octanol–water partition coefficient (Wildman–Crippen LogP) is 3.05. The molecule has 1 unspecified atom stereocenters. The van der Waals surface area contributed by atoms with Crippen molar-refractivity contribution >= 4 is 15.9 Å². The van der Waals surface area contributed by atoms with E-state index in [-0.39, 0.29) is 0 Å². The normalized spacial score (nSPS) is 27.3. The molecule has 0 heterocycles. The molecule has 0 aromatic rings. The van der Waals surface area contributed by atoms with E-state index in [1.54, 1.807) is 0 Å². The first-order chi connectivity index (χ1) is 4.29. The van der Waals surface area contributed by atoms with Crippen LogP contribution in [0.2, 0.25) is 0 Å². The summed E-state index contributed by atoms with van der Waals surface area (Å²) in [5.74, 6) is 0. The van der Waals surface area contributed by atoms with Crippen molar-refractivity contribution < 1.29 is 0 Å². The Morgan fingerprint density at radius 3 is 3.22 bits per heavy atom. The molecule has 0 aliphatic heterocycles. The van der Waals surface area contributed by atoms with Crippen molar-refractivity contribution in [1.29, 1.82) is 0 Å². The molecule has 1 heteroatoms. The quantitative estimate of drug-likeness (QED) is 0.404. The predicted molar refractivity (Wildman–Crippen MR) is 44.8 cm³/mol. The molecule has 0 N–H and O–H groups in total. The van der Waals surface area contributed by atoms with E-state index in [2.05, 4.69) is 41.1 Å². The summed E-state index contributed by atoms with van der Waals surface area (Å²) in [5, 5.41) is 0. The van der Waals surface area contributed by atoms with Gasteiger partial charge in [-0.2, -0.15) is 0 Å². The second-order valence-electron chi connectivity index (χ2n) is 2.42. The van der Waals surface area contributed by atoms with Gasteiger partial charge in [0, 0.05) is 0 Å². The smallest absolute Gasteiger partial charge is 0.0508 e. The van der Waals surface area contributed by atoms with E-state index in [1.807, 2.05) is 0 Å². The Labute approximate surface area is 64.8 Å². The van der Waals surface area contributed by atoms with E-state index >= 15 is 0 Å². The van der Waals surface area contributed by atoms with Gasteiger partial charge < -0.3 is 0 Å². The second-order valence-corrected chi connectivity index (χ2v) is 3.48. The maximum Gasteiger partial charge on any atom is 0.0508 e. The molecule has 1 atom stereocenters. The van der Waals surface area contributed by atoms with Crippen molar-refractivity contribution in [3.05, 3.63) is 23.8 Å². The monoisotopic (exact) mass is 186 g/mol. The Balaban J connectivity index is 2.62. The van der Waals surface area contributed by atoms with E-state index in [9.17, 15) is 0 Å². The Hall–Kier alpha value is -0.0400. The number of hydrogen-bond acceptors (Lipinski definition) is 0. The maximum atomic E-state index is 3.52. The molecule has 0 amide bonds. The largest absolute Gasteiger partial charge is 0.0868 e.